The number of benzene rings is 1. The van der Waals surface area contributed by atoms with E-state index in [4.69, 9.17) is 4.74 Å². The number of hydrogen-bond acceptors (Lipinski definition) is 4. The predicted molar refractivity (Wildman–Crippen MR) is 102 cm³/mol. The van der Waals surface area contributed by atoms with Crippen LogP contribution in [-0.2, 0) is 6.54 Å². The topological polar surface area (TPSA) is 75.8 Å². The van der Waals surface area contributed by atoms with E-state index in [2.05, 4.69) is 32.7 Å². The molecular weight excluding hydrogens is 328 g/mol. The molecule has 0 spiro atoms. The van der Waals surface area contributed by atoms with Crippen LogP contribution in [0.2, 0.25) is 0 Å². The Balaban J connectivity index is 1.53. The van der Waals surface area contributed by atoms with Crippen LogP contribution in [0.1, 0.15) is 18.3 Å². The highest BCUT2D eigenvalue weighted by Crippen LogP contribution is 2.10. The Morgan fingerprint density at radius 2 is 1.96 bits per heavy atom. The number of hydrogen-bond donors (Lipinski definition) is 2. The van der Waals surface area contributed by atoms with E-state index in [0.29, 0.717) is 19.7 Å². The summed E-state index contributed by atoms with van der Waals surface area (Å²) >= 11 is 0. The molecule has 0 atom stereocenters. The van der Waals surface area contributed by atoms with Gasteiger partial charge in [-0.1, -0.05) is 23.8 Å². The van der Waals surface area contributed by atoms with Gasteiger partial charge in [-0.2, -0.15) is 0 Å². The highest BCUT2D eigenvalue weighted by atomic mass is 16.5. The van der Waals surface area contributed by atoms with Crippen molar-refractivity contribution in [2.24, 2.45) is 4.99 Å². The van der Waals surface area contributed by atoms with Crippen LogP contribution in [0.15, 0.2) is 53.7 Å². The van der Waals surface area contributed by atoms with Crippen LogP contribution < -0.4 is 15.4 Å². The quantitative estimate of drug-likeness (QED) is 0.387. The third-order valence-electron chi connectivity index (χ3n) is 3.79. The number of guanidine groups is 1. The minimum absolute atomic E-state index is 0.444. The van der Waals surface area contributed by atoms with Gasteiger partial charge >= 0.3 is 0 Å². The Hall–Kier alpha value is -3.09. The third-order valence-corrected chi connectivity index (χ3v) is 3.79. The average Bonchev–Trinajstić information content (AvgIpc) is 3.08. The number of nitrogens with zero attached hydrogens (tertiary/aromatic N) is 4. The smallest absolute Gasteiger partial charge is 0.191 e. The summed E-state index contributed by atoms with van der Waals surface area (Å²) in [7, 11) is 0. The maximum Gasteiger partial charge on any atom is 0.191 e. The summed E-state index contributed by atoms with van der Waals surface area (Å²) in [6.07, 6.45) is 1.94. The van der Waals surface area contributed by atoms with Crippen molar-refractivity contribution in [2.45, 2.75) is 20.4 Å². The molecule has 0 amide bonds. The lowest BCUT2D eigenvalue weighted by molar-refractivity contribution is 0.322. The summed E-state index contributed by atoms with van der Waals surface area (Å²) in [6, 6.07) is 13.8. The molecule has 2 heterocycles. The van der Waals surface area contributed by atoms with Gasteiger partial charge < -0.3 is 15.4 Å². The molecule has 7 heteroatoms. The van der Waals surface area contributed by atoms with Crippen molar-refractivity contribution in [3.63, 3.8) is 0 Å². The minimum Gasteiger partial charge on any atom is -0.492 e. The third kappa shape index (κ3) is 4.72. The highest BCUT2D eigenvalue weighted by Gasteiger charge is 2.04. The van der Waals surface area contributed by atoms with Gasteiger partial charge in [0.1, 0.15) is 18.9 Å². The average molecular weight is 352 g/mol. The second-order valence-corrected chi connectivity index (χ2v) is 5.83. The molecule has 7 nitrogen and oxygen atoms in total. The summed E-state index contributed by atoms with van der Waals surface area (Å²) in [5.74, 6) is 2.40. The van der Waals surface area contributed by atoms with Crippen LogP contribution in [0.3, 0.4) is 0 Å². The summed E-state index contributed by atoms with van der Waals surface area (Å²) < 4.78 is 7.66. The van der Waals surface area contributed by atoms with Gasteiger partial charge in [0, 0.05) is 12.7 Å². The lowest BCUT2D eigenvalue weighted by atomic mass is 10.2. The number of ether oxygens (including phenoxy) is 1. The van der Waals surface area contributed by atoms with Crippen molar-refractivity contribution in [3.8, 4) is 5.75 Å². The number of rotatable bonds is 7. The van der Waals surface area contributed by atoms with Gasteiger partial charge in [0.05, 0.1) is 6.54 Å². The van der Waals surface area contributed by atoms with E-state index >= 15 is 0 Å². The van der Waals surface area contributed by atoms with Crippen LogP contribution in [0, 0.1) is 6.92 Å². The maximum absolute atomic E-state index is 5.73. The first kappa shape index (κ1) is 17.7. The van der Waals surface area contributed by atoms with Gasteiger partial charge in [-0.3, -0.25) is 4.40 Å². The fourth-order valence-electron chi connectivity index (χ4n) is 2.46. The van der Waals surface area contributed by atoms with E-state index in [1.807, 2.05) is 60.0 Å². The van der Waals surface area contributed by atoms with Crippen molar-refractivity contribution in [3.05, 3.63) is 60.0 Å². The van der Waals surface area contributed by atoms with E-state index in [9.17, 15) is 0 Å². The summed E-state index contributed by atoms with van der Waals surface area (Å²) in [6.45, 7) is 6.53. The Morgan fingerprint density at radius 1 is 1.12 bits per heavy atom. The van der Waals surface area contributed by atoms with E-state index < -0.39 is 0 Å². The second-order valence-electron chi connectivity index (χ2n) is 5.83. The standard InChI is InChI=1S/C19H24N6O/c1-3-20-19(21-11-13-26-16-9-7-15(2)8-10-16)22-14-18-24-23-17-6-4-5-12-25(17)18/h4-10,12H,3,11,13-14H2,1-2H3,(H2,20,21,22). The molecule has 0 fully saturated rings. The number of aliphatic imine (C=N–C) groups is 1. The van der Waals surface area contributed by atoms with E-state index in [1.165, 1.54) is 5.56 Å². The Bertz CT molecular complexity index is 856. The Kier molecular flexibility index (Phi) is 6.03. The number of pyridine rings is 1. The van der Waals surface area contributed by atoms with E-state index in [-0.39, 0.29) is 0 Å². The molecule has 1 aromatic carbocycles. The minimum atomic E-state index is 0.444. The molecule has 0 bridgehead atoms. The molecule has 0 aliphatic carbocycles. The highest BCUT2D eigenvalue weighted by molar-refractivity contribution is 5.79. The lowest BCUT2D eigenvalue weighted by Crippen LogP contribution is -2.39. The molecule has 2 aromatic heterocycles. The SMILES string of the molecule is CCNC(=NCc1nnc2ccccn12)NCCOc1ccc(C)cc1. The monoisotopic (exact) mass is 352 g/mol. The maximum atomic E-state index is 5.73. The molecule has 0 aliphatic rings. The largest absolute Gasteiger partial charge is 0.492 e. The first-order chi connectivity index (χ1) is 12.8. The molecule has 0 saturated carbocycles. The van der Waals surface area contributed by atoms with Crippen LogP contribution in [0.4, 0.5) is 0 Å². The van der Waals surface area contributed by atoms with Crippen LogP contribution >= 0.6 is 0 Å². The van der Waals surface area contributed by atoms with Gasteiger partial charge in [-0.25, -0.2) is 4.99 Å². The second kappa shape index (κ2) is 8.84. The van der Waals surface area contributed by atoms with Crippen LogP contribution in [-0.4, -0.2) is 40.3 Å². The molecule has 26 heavy (non-hydrogen) atoms. The first-order valence-electron chi connectivity index (χ1n) is 8.76. The van der Waals surface area contributed by atoms with Crippen molar-refractivity contribution < 1.29 is 4.74 Å². The van der Waals surface area contributed by atoms with Gasteiger partial charge in [0.15, 0.2) is 17.4 Å². The Morgan fingerprint density at radius 3 is 2.77 bits per heavy atom. The van der Waals surface area contributed by atoms with Gasteiger partial charge in [0.25, 0.3) is 0 Å². The normalized spacial score (nSPS) is 11.5. The van der Waals surface area contributed by atoms with Crippen molar-refractivity contribution in [1.29, 1.82) is 0 Å². The predicted octanol–water partition coefficient (Wildman–Crippen LogP) is 2.17. The molecule has 0 unspecified atom stereocenters. The zero-order chi connectivity index (χ0) is 18.2. The first-order valence-corrected chi connectivity index (χ1v) is 8.76. The fourth-order valence-corrected chi connectivity index (χ4v) is 2.46. The summed E-state index contributed by atoms with van der Waals surface area (Å²) in [4.78, 5) is 4.58. The zero-order valence-corrected chi connectivity index (χ0v) is 15.1. The number of aromatic nitrogens is 3. The molecular formula is C19H24N6O. The van der Waals surface area contributed by atoms with Gasteiger partial charge in [-0.15, -0.1) is 10.2 Å². The summed E-state index contributed by atoms with van der Waals surface area (Å²) in [5, 5.41) is 14.8. The molecule has 0 aliphatic heterocycles. The molecule has 0 saturated heterocycles. The van der Waals surface area contributed by atoms with Gasteiger partial charge in [-0.05, 0) is 38.1 Å². The van der Waals surface area contributed by atoms with Crippen molar-refractivity contribution >= 4 is 11.6 Å². The van der Waals surface area contributed by atoms with Crippen LogP contribution in [0.5, 0.6) is 5.75 Å². The number of fused-ring (bicyclic) bond motifs is 1. The van der Waals surface area contributed by atoms with Crippen molar-refractivity contribution in [1.82, 2.24) is 25.2 Å². The van der Waals surface area contributed by atoms with Crippen molar-refractivity contribution in [2.75, 3.05) is 19.7 Å². The molecule has 136 valence electrons. The molecule has 3 rings (SSSR count). The fraction of sp³-hybridized carbons (Fsp3) is 0.316. The zero-order valence-electron chi connectivity index (χ0n) is 15.1. The van der Waals surface area contributed by atoms with E-state index in [1.54, 1.807) is 0 Å². The van der Waals surface area contributed by atoms with E-state index in [0.717, 1.165) is 29.7 Å². The lowest BCUT2D eigenvalue weighted by Gasteiger charge is -2.12. The number of nitrogens with one attached hydrogen (secondary N) is 2. The molecule has 0 radical (unpaired) electrons. The summed E-state index contributed by atoms with van der Waals surface area (Å²) in [5.41, 5.74) is 2.04. The molecule has 3 aromatic rings. The Labute approximate surface area is 153 Å². The number of aryl methyl sites for hydroxylation is 1. The van der Waals surface area contributed by atoms with Crippen LogP contribution in [0.25, 0.3) is 5.65 Å². The van der Waals surface area contributed by atoms with Gasteiger partial charge in [0.2, 0.25) is 0 Å². The molecule has 2 N–H and O–H groups in total.